The quantitative estimate of drug-likeness (QED) is 0.199. The predicted octanol–water partition coefficient (Wildman–Crippen LogP) is 3.09. The Morgan fingerprint density at radius 3 is 2.26 bits per heavy atom. The fraction of sp³-hybridized carbons (Fsp3) is 0. The van der Waals surface area contributed by atoms with Gasteiger partial charge in [-0.2, -0.15) is 20.5 Å². The molecule has 0 bridgehead atoms. The van der Waals surface area contributed by atoms with Crippen molar-refractivity contribution in [2.45, 2.75) is 9.79 Å². The fourth-order valence-corrected chi connectivity index (χ4v) is 4.98. The first-order chi connectivity index (χ1) is 19.4. The largest absolute Gasteiger partial charge is 2.00 e. The van der Waals surface area contributed by atoms with Gasteiger partial charge >= 0.3 is 18.5 Å². The van der Waals surface area contributed by atoms with E-state index in [4.69, 9.17) is 5.14 Å². The van der Waals surface area contributed by atoms with Gasteiger partial charge in [-0.3, -0.25) is 4.72 Å². The molecule has 42 heavy (non-hydrogen) atoms. The Labute approximate surface area is 253 Å². The topological polar surface area (TPSA) is 219 Å². The monoisotopic (exact) mass is 655 g/mol. The maximum absolute atomic E-state index is 13.0. The van der Waals surface area contributed by atoms with E-state index in [0.717, 1.165) is 24.3 Å². The molecule has 219 valence electrons. The molecule has 0 unspecified atom stereocenters. The summed E-state index contributed by atoms with van der Waals surface area (Å²) >= 11 is 0. The molecular weight excluding hydrogens is 636 g/mol. The third-order valence-corrected chi connectivity index (χ3v) is 7.61. The Morgan fingerprint density at radius 2 is 1.60 bits per heavy atom. The normalized spacial score (nSPS) is 14.4. The van der Waals surface area contributed by atoms with E-state index < -0.39 is 31.8 Å². The summed E-state index contributed by atoms with van der Waals surface area (Å²) in [6.45, 7) is 0. The number of carbonyl (C=O) groups excluding carboxylic acids is 1. The molecule has 1 aliphatic carbocycles. The molecule has 16 heteroatoms. The number of nitrogens with zero attached hydrogens (tertiary/aromatic N) is 4. The van der Waals surface area contributed by atoms with Crippen molar-refractivity contribution in [1.82, 2.24) is 0 Å². The molecule has 4 rings (SSSR count). The molecule has 0 fully saturated rings. The van der Waals surface area contributed by atoms with E-state index in [1.165, 1.54) is 36.4 Å². The second kappa shape index (κ2) is 13.4. The van der Waals surface area contributed by atoms with Crippen LogP contribution in [0.1, 0.15) is 11.8 Å². The Balaban J connectivity index is 0.00000323. The van der Waals surface area contributed by atoms with E-state index in [2.05, 4.69) is 25.2 Å². The number of benzene rings is 3. The summed E-state index contributed by atoms with van der Waals surface area (Å²) in [5.41, 5.74) is -0.236. The van der Waals surface area contributed by atoms with Gasteiger partial charge in [-0.15, -0.1) is 36.3 Å². The molecule has 3 aromatic carbocycles. The SMILES string of the molecule is NS(=O)(=O)c1cccc(NS(=O)(=O)c2ccc([O-])c(N=N/C(N=Nc3ccccc3C(=O)[O-])=C3\C=CC=C[CH-]3)c2)c1.[Cu+2].[H+]. The van der Waals surface area contributed by atoms with Crippen LogP contribution in [0.2, 0.25) is 0 Å². The zero-order chi connectivity index (χ0) is 29.6. The van der Waals surface area contributed by atoms with Gasteiger partial charge in [-0.1, -0.05) is 36.1 Å². The Bertz CT molecular complexity index is 1890. The first kappa shape index (κ1) is 31.9. The molecule has 0 spiro atoms. The molecule has 3 N–H and O–H groups in total. The minimum atomic E-state index is -4.30. The summed E-state index contributed by atoms with van der Waals surface area (Å²) in [6, 6.07) is 13.6. The summed E-state index contributed by atoms with van der Waals surface area (Å²) in [5.74, 6) is -2.22. The van der Waals surface area contributed by atoms with Gasteiger partial charge in [0, 0.05) is 5.56 Å². The van der Waals surface area contributed by atoms with E-state index in [9.17, 15) is 31.8 Å². The average Bonchev–Trinajstić information content (AvgIpc) is 2.94. The van der Waals surface area contributed by atoms with E-state index in [0.29, 0.717) is 5.57 Å². The van der Waals surface area contributed by atoms with Crippen LogP contribution in [0, 0.1) is 6.42 Å². The van der Waals surface area contributed by atoms with Crippen LogP contribution in [-0.2, 0) is 37.1 Å². The minimum absolute atomic E-state index is 0. The third kappa shape index (κ3) is 7.99. The number of carboxylic acids is 1. The van der Waals surface area contributed by atoms with Crippen molar-refractivity contribution in [3.8, 4) is 5.75 Å². The molecule has 0 atom stereocenters. The number of hydrogen-bond acceptors (Lipinski definition) is 11. The first-order valence-corrected chi connectivity index (χ1v) is 14.5. The molecule has 3 aromatic rings. The number of primary sulfonamides is 1. The van der Waals surface area contributed by atoms with E-state index in [1.807, 2.05) is 0 Å². The average molecular weight is 656 g/mol. The number of azo groups is 2. The number of sulfonamides is 2. The summed E-state index contributed by atoms with van der Waals surface area (Å²) in [7, 11) is -8.38. The van der Waals surface area contributed by atoms with E-state index in [-0.39, 0.29) is 56.7 Å². The van der Waals surface area contributed by atoms with E-state index >= 15 is 0 Å². The molecular formula is C26H20CuN6O7S2. The second-order valence-corrected chi connectivity index (χ2v) is 11.4. The van der Waals surface area contributed by atoms with Crippen LogP contribution in [0.4, 0.5) is 17.1 Å². The van der Waals surface area contributed by atoms with Crippen LogP contribution < -0.4 is 20.1 Å². The molecule has 0 aliphatic heterocycles. The number of carbonyl (C=O) groups is 1. The van der Waals surface area contributed by atoms with Crippen molar-refractivity contribution < 1.29 is 50.3 Å². The van der Waals surface area contributed by atoms with E-state index in [1.54, 1.807) is 36.8 Å². The van der Waals surface area contributed by atoms with Crippen LogP contribution in [0.5, 0.6) is 5.75 Å². The Morgan fingerprint density at radius 1 is 0.881 bits per heavy atom. The number of nitrogens with one attached hydrogen (secondary N) is 1. The van der Waals surface area contributed by atoms with Crippen molar-refractivity contribution in [3.05, 3.63) is 114 Å². The zero-order valence-electron chi connectivity index (χ0n) is 22.1. The smallest absolute Gasteiger partial charge is 0.871 e. The van der Waals surface area contributed by atoms with Crippen molar-refractivity contribution in [2.24, 2.45) is 25.6 Å². The standard InChI is InChI=1S/C26H21N6O7S2.Cu/c27-40(36,37)19-10-6-9-18(15-19)32-41(38,39)20-13-14-24(33)23(16-20)29-31-25(17-7-2-1-3-8-17)30-28-22-12-5-4-11-21(22)26(34)35;/h1-16,32-33H,(H,34,35)(H2,27,36,37);/q-1;+2/p-1. The van der Waals surface area contributed by atoms with Gasteiger partial charge in [0.15, 0.2) is 0 Å². The summed E-state index contributed by atoms with van der Waals surface area (Å²) in [5, 5.41) is 44.8. The maximum atomic E-state index is 13.0. The van der Waals surface area contributed by atoms with Crippen molar-refractivity contribution in [2.75, 3.05) is 4.72 Å². The van der Waals surface area contributed by atoms with Gasteiger partial charge in [0.25, 0.3) is 10.0 Å². The first-order valence-electron chi connectivity index (χ1n) is 11.5. The Kier molecular flexibility index (Phi) is 10.2. The van der Waals surface area contributed by atoms with Crippen molar-refractivity contribution >= 4 is 43.1 Å². The molecule has 0 saturated heterocycles. The van der Waals surface area contributed by atoms with Gasteiger partial charge in [0.05, 0.1) is 32.8 Å². The van der Waals surface area contributed by atoms with Gasteiger partial charge < -0.3 is 15.0 Å². The number of anilines is 1. The number of carboxylic acid groups (broad SMARTS) is 1. The summed E-state index contributed by atoms with van der Waals surface area (Å²) < 4.78 is 51.4. The van der Waals surface area contributed by atoms with Gasteiger partial charge in [-0.25, -0.2) is 22.0 Å². The van der Waals surface area contributed by atoms with Crippen molar-refractivity contribution in [1.29, 1.82) is 0 Å². The molecule has 1 radical (unpaired) electrons. The van der Waals surface area contributed by atoms with Crippen LogP contribution in [0.15, 0.2) is 133 Å². The molecule has 0 amide bonds. The number of rotatable bonds is 9. The third-order valence-electron chi connectivity index (χ3n) is 5.32. The maximum Gasteiger partial charge on any atom is 2.00 e. The van der Waals surface area contributed by atoms with Gasteiger partial charge in [0.2, 0.25) is 10.0 Å². The zero-order valence-corrected chi connectivity index (χ0v) is 23.7. The van der Waals surface area contributed by atoms with Crippen LogP contribution in [0.3, 0.4) is 0 Å². The second-order valence-electron chi connectivity index (χ2n) is 8.20. The summed E-state index contributed by atoms with van der Waals surface area (Å²) in [6.07, 6.45) is 8.33. The minimum Gasteiger partial charge on any atom is -0.871 e. The van der Waals surface area contributed by atoms with Crippen LogP contribution >= 0.6 is 0 Å². The number of hydrogen-bond donors (Lipinski definition) is 2. The number of nitrogens with two attached hydrogens (primary N) is 1. The molecule has 0 aromatic heterocycles. The van der Waals surface area contributed by atoms with Crippen LogP contribution in [-0.4, -0.2) is 22.8 Å². The van der Waals surface area contributed by atoms with Crippen molar-refractivity contribution in [3.63, 3.8) is 0 Å². The molecule has 0 heterocycles. The summed E-state index contributed by atoms with van der Waals surface area (Å²) in [4.78, 5) is 10.7. The fourth-order valence-electron chi connectivity index (χ4n) is 3.35. The number of allylic oxidation sites excluding steroid dienone is 5. The predicted molar refractivity (Wildman–Crippen MR) is 145 cm³/mol. The Hall–Kier alpha value is -4.60. The molecule has 0 saturated carbocycles. The molecule has 13 nitrogen and oxygen atoms in total. The van der Waals surface area contributed by atoms with Gasteiger partial charge in [0.1, 0.15) is 5.82 Å². The van der Waals surface area contributed by atoms with Crippen LogP contribution in [0.25, 0.3) is 0 Å². The number of aromatic carboxylic acids is 1. The molecule has 1 aliphatic rings. The van der Waals surface area contributed by atoms with Gasteiger partial charge in [-0.05, 0) is 36.4 Å².